The average molecular weight is 485 g/mol. The van der Waals surface area contributed by atoms with E-state index in [0.29, 0.717) is 32.6 Å². The molecule has 1 aliphatic rings. The van der Waals surface area contributed by atoms with Gasteiger partial charge in [0.25, 0.3) is 11.8 Å². The molecule has 1 heterocycles. The lowest BCUT2D eigenvalue weighted by molar-refractivity contribution is -0.157. The van der Waals surface area contributed by atoms with Gasteiger partial charge in [-0.1, -0.05) is 43.1 Å². The first-order valence-electron chi connectivity index (χ1n) is 9.47. The van der Waals surface area contributed by atoms with Gasteiger partial charge in [-0.2, -0.15) is 0 Å². The van der Waals surface area contributed by atoms with Crippen molar-refractivity contribution < 1.29 is 14.3 Å². The first kappa shape index (κ1) is 23.3. The van der Waals surface area contributed by atoms with Crippen LogP contribution in [-0.4, -0.2) is 28.8 Å². The van der Waals surface area contributed by atoms with E-state index in [-0.39, 0.29) is 12.5 Å². The van der Waals surface area contributed by atoms with Gasteiger partial charge in [-0.05, 0) is 53.4 Å². The van der Waals surface area contributed by atoms with E-state index >= 15 is 0 Å². The summed E-state index contributed by atoms with van der Waals surface area (Å²) in [7, 11) is 0. The van der Waals surface area contributed by atoms with Gasteiger partial charge in [0.1, 0.15) is 22.9 Å². The molecule has 0 radical (unpaired) electrons. The van der Waals surface area contributed by atoms with Gasteiger partial charge in [0, 0.05) is 15.6 Å². The first-order valence-corrected chi connectivity index (χ1v) is 10.7. The predicted octanol–water partition coefficient (Wildman–Crippen LogP) is 5.42. The molecule has 164 valence electrons. The normalized spacial score (nSPS) is 18.0. The van der Waals surface area contributed by atoms with Crippen LogP contribution in [-0.2, 0) is 9.59 Å². The van der Waals surface area contributed by atoms with Gasteiger partial charge < -0.3 is 4.74 Å². The van der Waals surface area contributed by atoms with Crippen LogP contribution in [0.4, 0.5) is 5.69 Å². The van der Waals surface area contributed by atoms with Crippen LogP contribution in [0.15, 0.2) is 35.5 Å². The van der Waals surface area contributed by atoms with Crippen LogP contribution in [0.1, 0.15) is 42.5 Å². The molecule has 2 aromatic carbocycles. The van der Waals surface area contributed by atoms with E-state index in [0.717, 1.165) is 10.6 Å². The molecular weight excluding hydrogens is 465 g/mol. The maximum atomic E-state index is 12.5. The molecule has 31 heavy (non-hydrogen) atoms. The van der Waals surface area contributed by atoms with E-state index in [1.165, 1.54) is 0 Å². The summed E-state index contributed by atoms with van der Waals surface area (Å²) in [5.74, 6) is -0.531. The van der Waals surface area contributed by atoms with Crippen LogP contribution in [0, 0.1) is 11.8 Å². The standard InChI is InChI=1S/C21H20Cl3N3O4/c1-10(2)12-8-15(26-30)11(3)7-16(12)31-9-17(28)25-27-20(19(24)21(27)29)18-13(22)5-4-6-14(18)23/h4-8,10,19-20H,9H2,1-3H3,(H,25,28). The van der Waals surface area contributed by atoms with E-state index in [1.54, 1.807) is 37.3 Å². The Bertz CT molecular complexity index is 1020. The number of hydrogen-bond donors (Lipinski definition) is 1. The van der Waals surface area contributed by atoms with E-state index < -0.39 is 23.2 Å². The van der Waals surface area contributed by atoms with Gasteiger partial charge in [0.15, 0.2) is 6.61 Å². The molecular formula is C21H20Cl3N3O4. The smallest absolute Gasteiger partial charge is 0.276 e. The number of β-lactam (4-membered cyclic amide) rings is 1. The number of nitrogens with one attached hydrogen (secondary N) is 1. The van der Waals surface area contributed by atoms with Gasteiger partial charge >= 0.3 is 0 Å². The van der Waals surface area contributed by atoms with Crippen LogP contribution in [0.3, 0.4) is 0 Å². The van der Waals surface area contributed by atoms with Crippen molar-refractivity contribution in [3.63, 3.8) is 0 Å². The fourth-order valence-corrected chi connectivity index (χ4v) is 4.28. The lowest BCUT2D eigenvalue weighted by atomic mass is 9.95. The highest BCUT2D eigenvalue weighted by Crippen LogP contribution is 2.43. The highest BCUT2D eigenvalue weighted by Gasteiger charge is 2.50. The molecule has 1 aliphatic heterocycles. The molecule has 1 fully saturated rings. The minimum absolute atomic E-state index is 0.0415. The number of ether oxygens (including phenoxy) is 1. The third-order valence-corrected chi connectivity index (χ3v) is 6.06. The molecule has 3 rings (SSSR count). The zero-order chi connectivity index (χ0) is 22.9. The van der Waals surface area contributed by atoms with Gasteiger partial charge in [-0.15, -0.1) is 16.5 Å². The molecule has 2 amide bonds. The van der Waals surface area contributed by atoms with Crippen molar-refractivity contribution in [1.29, 1.82) is 0 Å². The third kappa shape index (κ3) is 4.63. The molecule has 0 aromatic heterocycles. The van der Waals surface area contributed by atoms with Gasteiger partial charge in [-0.25, -0.2) is 5.01 Å². The Kier molecular flexibility index (Phi) is 7.09. The average Bonchev–Trinajstić information content (AvgIpc) is 2.73. The van der Waals surface area contributed by atoms with Crippen molar-refractivity contribution in [3.05, 3.63) is 62.0 Å². The summed E-state index contributed by atoms with van der Waals surface area (Å²) in [6, 6.07) is 7.54. The van der Waals surface area contributed by atoms with Crippen LogP contribution < -0.4 is 10.2 Å². The number of hydrazine groups is 1. The quantitative estimate of drug-likeness (QED) is 0.323. The molecule has 0 bridgehead atoms. The Hall–Kier alpha value is -2.35. The predicted molar refractivity (Wildman–Crippen MR) is 120 cm³/mol. The SMILES string of the molecule is Cc1cc(OCC(=O)NN2C(=O)C(Cl)C2c2c(Cl)cccc2Cl)c(C(C)C)cc1N=O. The van der Waals surface area contributed by atoms with Crippen molar-refractivity contribution in [2.24, 2.45) is 5.18 Å². The topological polar surface area (TPSA) is 88.1 Å². The monoisotopic (exact) mass is 483 g/mol. The molecule has 2 unspecified atom stereocenters. The van der Waals surface area contributed by atoms with Crippen molar-refractivity contribution in [2.45, 2.75) is 38.1 Å². The van der Waals surface area contributed by atoms with E-state index in [4.69, 9.17) is 39.5 Å². The van der Waals surface area contributed by atoms with Crippen LogP contribution in [0.2, 0.25) is 10.0 Å². The molecule has 1 saturated heterocycles. The molecule has 0 aliphatic carbocycles. The second-order valence-corrected chi connectivity index (χ2v) is 8.72. The molecule has 10 heteroatoms. The summed E-state index contributed by atoms with van der Waals surface area (Å²) >= 11 is 18.6. The van der Waals surface area contributed by atoms with Crippen LogP contribution >= 0.6 is 34.8 Å². The number of rotatable bonds is 7. The minimum atomic E-state index is -0.905. The largest absolute Gasteiger partial charge is 0.483 e. The maximum absolute atomic E-state index is 12.5. The van der Waals surface area contributed by atoms with E-state index in [9.17, 15) is 14.5 Å². The molecule has 1 N–H and O–H groups in total. The number of benzene rings is 2. The zero-order valence-electron chi connectivity index (χ0n) is 17.0. The first-order chi connectivity index (χ1) is 14.6. The van der Waals surface area contributed by atoms with Crippen LogP contribution in [0.25, 0.3) is 0 Å². The van der Waals surface area contributed by atoms with Crippen molar-refractivity contribution in [2.75, 3.05) is 6.61 Å². The maximum Gasteiger partial charge on any atom is 0.276 e. The van der Waals surface area contributed by atoms with Crippen LogP contribution in [0.5, 0.6) is 5.75 Å². The fourth-order valence-electron chi connectivity index (χ4n) is 3.32. The number of hydrogen-bond acceptors (Lipinski definition) is 5. The Balaban J connectivity index is 1.73. The number of aryl methyl sites for hydroxylation is 1. The Morgan fingerprint density at radius 1 is 1.26 bits per heavy atom. The van der Waals surface area contributed by atoms with Crippen molar-refractivity contribution >= 4 is 52.3 Å². The van der Waals surface area contributed by atoms with Crippen molar-refractivity contribution in [1.82, 2.24) is 10.4 Å². The van der Waals surface area contributed by atoms with Crippen molar-refractivity contribution in [3.8, 4) is 5.75 Å². The number of nitroso groups, excluding NO2 is 1. The zero-order valence-corrected chi connectivity index (χ0v) is 19.3. The summed E-state index contributed by atoms with van der Waals surface area (Å²) in [5.41, 5.74) is 4.66. The lowest BCUT2D eigenvalue weighted by Gasteiger charge is -2.44. The number of carbonyl (C=O) groups is 2. The Morgan fingerprint density at radius 3 is 2.48 bits per heavy atom. The Morgan fingerprint density at radius 2 is 1.90 bits per heavy atom. The second-order valence-electron chi connectivity index (χ2n) is 7.44. The highest BCUT2D eigenvalue weighted by molar-refractivity contribution is 6.38. The summed E-state index contributed by atoms with van der Waals surface area (Å²) in [4.78, 5) is 35.7. The fraction of sp³-hybridized carbons (Fsp3) is 0.333. The highest BCUT2D eigenvalue weighted by atomic mass is 35.5. The van der Waals surface area contributed by atoms with Gasteiger partial charge in [-0.3, -0.25) is 15.0 Å². The molecule has 7 nitrogen and oxygen atoms in total. The molecule has 2 aromatic rings. The molecule has 0 saturated carbocycles. The lowest BCUT2D eigenvalue weighted by Crippen LogP contribution is -2.63. The van der Waals surface area contributed by atoms with E-state index in [1.807, 2.05) is 13.8 Å². The van der Waals surface area contributed by atoms with Gasteiger partial charge in [0.05, 0.1) is 0 Å². The number of amides is 2. The Labute approximate surface area is 194 Å². The summed E-state index contributed by atoms with van der Waals surface area (Å²) < 4.78 is 5.68. The van der Waals surface area contributed by atoms with Gasteiger partial charge in [0.2, 0.25) is 0 Å². The van der Waals surface area contributed by atoms with E-state index in [2.05, 4.69) is 10.6 Å². The molecule has 2 atom stereocenters. The number of halogens is 3. The number of nitrogens with zero attached hydrogens (tertiary/aromatic N) is 2. The minimum Gasteiger partial charge on any atom is -0.483 e. The third-order valence-electron chi connectivity index (χ3n) is 4.98. The summed E-state index contributed by atoms with van der Waals surface area (Å²) in [6.07, 6.45) is 0. The number of carbonyl (C=O) groups excluding carboxylic acids is 2. The summed E-state index contributed by atoms with van der Waals surface area (Å²) in [5, 5.41) is 3.89. The number of alkyl halides is 1. The summed E-state index contributed by atoms with van der Waals surface area (Å²) in [6.45, 7) is 5.24. The molecule has 0 spiro atoms. The second kappa shape index (κ2) is 9.42.